The Labute approximate surface area is 156 Å². The van der Waals surface area contributed by atoms with E-state index in [0.717, 1.165) is 0 Å². The zero-order chi connectivity index (χ0) is 20.2. The number of carbonyl (C=O) groups is 1. The second kappa shape index (κ2) is 7.96. The highest BCUT2D eigenvalue weighted by molar-refractivity contribution is 7.91. The molecule has 1 aliphatic rings. The minimum Gasteiger partial charge on any atom is -0.491 e. The second-order valence-electron chi connectivity index (χ2n) is 5.56. The molecule has 1 aliphatic heterocycles. The maximum Gasteiger partial charge on any atom is 0.336 e. The Balaban J connectivity index is 2.35. The van der Waals surface area contributed by atoms with Gasteiger partial charge in [0.1, 0.15) is 10.6 Å². The van der Waals surface area contributed by atoms with E-state index in [1.165, 1.54) is 25.1 Å². The molecule has 2 rings (SSSR count). The molecule has 0 saturated carbocycles. The minimum atomic E-state index is -4.32. The highest BCUT2D eigenvalue weighted by Crippen LogP contribution is 2.33. The molecule has 27 heavy (non-hydrogen) atoms. The van der Waals surface area contributed by atoms with Crippen LogP contribution in [0.4, 0.5) is 0 Å². The number of ether oxygens (including phenoxy) is 1. The molecule has 1 heterocycles. The fourth-order valence-electron chi connectivity index (χ4n) is 2.32. The van der Waals surface area contributed by atoms with Crippen LogP contribution >= 0.6 is 0 Å². The predicted molar refractivity (Wildman–Crippen MR) is 97.9 cm³/mol. The Morgan fingerprint density at radius 1 is 1.26 bits per heavy atom. The van der Waals surface area contributed by atoms with E-state index in [1.807, 2.05) is 0 Å². The summed E-state index contributed by atoms with van der Waals surface area (Å²) in [6.45, 7) is 1.52. The summed E-state index contributed by atoms with van der Waals surface area (Å²) in [6.07, 6.45) is 1.51. The monoisotopic (exact) mass is 417 g/mol. The van der Waals surface area contributed by atoms with Crippen LogP contribution in [0.1, 0.15) is 18.9 Å². The van der Waals surface area contributed by atoms with Gasteiger partial charge in [-0.1, -0.05) is 19.1 Å². The average Bonchev–Trinajstić information content (AvgIpc) is 2.82. The molecule has 148 valence electrons. The predicted octanol–water partition coefficient (Wildman–Crippen LogP) is -0.250. The van der Waals surface area contributed by atoms with Crippen LogP contribution in [-0.4, -0.2) is 46.7 Å². The van der Waals surface area contributed by atoms with Crippen LogP contribution in [0, 0.1) is 0 Å². The summed E-state index contributed by atoms with van der Waals surface area (Å²) in [6, 6.07) is 4.52. The lowest BCUT2D eigenvalue weighted by Gasteiger charge is -2.11. The van der Waals surface area contributed by atoms with Gasteiger partial charge >= 0.3 is 10.1 Å². The van der Waals surface area contributed by atoms with Gasteiger partial charge in [0.25, 0.3) is 0 Å². The van der Waals surface area contributed by atoms with E-state index in [0.29, 0.717) is 5.56 Å². The first kappa shape index (κ1) is 20.7. The van der Waals surface area contributed by atoms with Gasteiger partial charge in [0.05, 0.1) is 12.4 Å². The van der Waals surface area contributed by atoms with Gasteiger partial charge in [0.2, 0.25) is 5.96 Å². The molecule has 0 fully saturated rings. The number of fused-ring (bicyclic) bond motifs is 1. The van der Waals surface area contributed by atoms with Crippen molar-refractivity contribution in [1.29, 1.82) is 0 Å². The lowest BCUT2D eigenvalue weighted by molar-refractivity contribution is -0.113. The van der Waals surface area contributed by atoms with Gasteiger partial charge in [-0.2, -0.15) is 8.42 Å². The summed E-state index contributed by atoms with van der Waals surface area (Å²) in [4.78, 5) is 12.4. The van der Waals surface area contributed by atoms with E-state index in [1.54, 1.807) is 6.07 Å². The highest BCUT2D eigenvalue weighted by atomic mass is 32.2. The number of rotatable bonds is 7. The summed E-state index contributed by atoms with van der Waals surface area (Å²) in [5.41, 5.74) is 10.5. The SMILES string of the molecule is CCS(=O)(=O)c1cccc2c1OCCC(C(=O)CS(=O)(=O)ON=C(N)N)=C2. The van der Waals surface area contributed by atoms with Crippen LogP contribution in [0.3, 0.4) is 0 Å². The van der Waals surface area contributed by atoms with Gasteiger partial charge in [-0.05, 0) is 17.3 Å². The number of benzene rings is 1. The van der Waals surface area contributed by atoms with Crippen molar-refractivity contribution in [2.75, 3.05) is 18.1 Å². The third-order valence-corrected chi connectivity index (χ3v) is 6.26. The molecule has 10 nitrogen and oxygen atoms in total. The number of guanidine groups is 1. The molecule has 0 aliphatic carbocycles. The second-order valence-corrected chi connectivity index (χ2v) is 9.36. The Kier molecular flexibility index (Phi) is 6.11. The van der Waals surface area contributed by atoms with E-state index in [-0.39, 0.29) is 35.0 Å². The molecule has 0 radical (unpaired) electrons. The molecule has 0 saturated heterocycles. The van der Waals surface area contributed by atoms with E-state index >= 15 is 0 Å². The number of hydrogen-bond donors (Lipinski definition) is 2. The molecular formula is C15H19N3O7S2. The Morgan fingerprint density at radius 3 is 2.59 bits per heavy atom. The first-order valence-corrected chi connectivity index (χ1v) is 11.0. The van der Waals surface area contributed by atoms with Crippen molar-refractivity contribution in [2.24, 2.45) is 16.6 Å². The largest absolute Gasteiger partial charge is 0.491 e. The molecule has 0 amide bonds. The van der Waals surface area contributed by atoms with Gasteiger partial charge < -0.3 is 16.2 Å². The molecule has 0 atom stereocenters. The molecule has 1 aromatic carbocycles. The summed E-state index contributed by atoms with van der Waals surface area (Å²) >= 11 is 0. The van der Waals surface area contributed by atoms with Gasteiger partial charge in [-0.15, -0.1) is 0 Å². The van der Waals surface area contributed by atoms with Crippen molar-refractivity contribution >= 4 is 37.8 Å². The molecule has 4 N–H and O–H groups in total. The number of oxime groups is 1. The summed E-state index contributed by atoms with van der Waals surface area (Å²) in [5.74, 6) is -2.28. The third kappa shape index (κ3) is 5.20. The maximum atomic E-state index is 12.3. The number of nitrogens with two attached hydrogens (primary N) is 2. The fourth-order valence-corrected chi connectivity index (χ4v) is 4.14. The highest BCUT2D eigenvalue weighted by Gasteiger charge is 2.26. The van der Waals surface area contributed by atoms with Crippen LogP contribution in [0.5, 0.6) is 5.75 Å². The van der Waals surface area contributed by atoms with Crippen molar-refractivity contribution in [3.05, 3.63) is 29.3 Å². The van der Waals surface area contributed by atoms with E-state index < -0.39 is 37.5 Å². The molecule has 0 bridgehead atoms. The molecule has 12 heteroatoms. The first-order chi connectivity index (χ1) is 12.6. The number of nitrogens with zero attached hydrogens (tertiary/aromatic N) is 1. The third-order valence-electron chi connectivity index (χ3n) is 3.59. The standard InChI is InChI=1S/C15H19N3O7S2/c1-2-26(20,21)13-5-3-4-11-8-10(6-7-24-14(11)13)12(19)9-27(22,23)25-18-15(16)17/h3-5,8H,2,6-7,9H2,1H3,(H4,16,17,18). The van der Waals surface area contributed by atoms with Crippen LogP contribution in [0.25, 0.3) is 6.08 Å². The number of hydrogen-bond acceptors (Lipinski definition) is 8. The smallest absolute Gasteiger partial charge is 0.336 e. The topological polar surface area (TPSA) is 168 Å². The zero-order valence-corrected chi connectivity index (χ0v) is 16.0. The quantitative estimate of drug-likeness (QED) is 0.345. The molecule has 0 spiro atoms. The first-order valence-electron chi connectivity index (χ1n) is 7.78. The van der Waals surface area contributed by atoms with Crippen molar-refractivity contribution < 1.29 is 30.7 Å². The number of carbonyl (C=O) groups excluding carboxylic acids is 1. The maximum absolute atomic E-state index is 12.3. The van der Waals surface area contributed by atoms with Crippen LogP contribution in [0.2, 0.25) is 0 Å². The van der Waals surface area contributed by atoms with Gasteiger partial charge in [-0.3, -0.25) is 9.08 Å². The normalized spacial score (nSPS) is 14.2. The zero-order valence-electron chi connectivity index (χ0n) is 14.4. The molecule has 0 unspecified atom stereocenters. The number of para-hydroxylation sites is 1. The Bertz CT molecular complexity index is 1010. The lowest BCUT2D eigenvalue weighted by Crippen LogP contribution is -2.25. The summed E-state index contributed by atoms with van der Waals surface area (Å²) in [5, 5.41) is 2.92. The van der Waals surface area contributed by atoms with E-state index in [2.05, 4.69) is 9.44 Å². The molecule has 1 aromatic rings. The van der Waals surface area contributed by atoms with Crippen LogP contribution < -0.4 is 16.2 Å². The summed E-state index contributed by atoms with van der Waals surface area (Å²) in [7, 11) is -7.86. The number of sulfone groups is 1. The Hall–Kier alpha value is -2.60. The van der Waals surface area contributed by atoms with Crippen molar-refractivity contribution in [2.45, 2.75) is 18.2 Å². The Morgan fingerprint density at radius 2 is 1.96 bits per heavy atom. The van der Waals surface area contributed by atoms with Crippen molar-refractivity contribution in [1.82, 2.24) is 0 Å². The number of ketones is 1. The fraction of sp³-hybridized carbons (Fsp3) is 0.333. The van der Waals surface area contributed by atoms with Crippen LogP contribution in [0.15, 0.2) is 33.8 Å². The van der Waals surface area contributed by atoms with Crippen molar-refractivity contribution in [3.8, 4) is 5.75 Å². The van der Waals surface area contributed by atoms with Gasteiger partial charge in [-0.25, -0.2) is 8.42 Å². The number of Topliss-reactive ketones (excluding diaryl/α,β-unsaturated/α-hetero) is 1. The molecular weight excluding hydrogens is 398 g/mol. The summed E-state index contributed by atoms with van der Waals surface area (Å²) < 4.78 is 57.6. The van der Waals surface area contributed by atoms with Crippen LogP contribution in [-0.2, 0) is 29.0 Å². The van der Waals surface area contributed by atoms with Gasteiger partial charge in [0, 0.05) is 17.6 Å². The van der Waals surface area contributed by atoms with E-state index in [4.69, 9.17) is 16.2 Å². The average molecular weight is 417 g/mol. The van der Waals surface area contributed by atoms with E-state index in [9.17, 15) is 21.6 Å². The molecule has 0 aromatic heterocycles. The van der Waals surface area contributed by atoms with Gasteiger partial charge in [0.15, 0.2) is 21.4 Å². The van der Waals surface area contributed by atoms with Crippen molar-refractivity contribution in [3.63, 3.8) is 0 Å². The lowest BCUT2D eigenvalue weighted by atomic mass is 10.1. The minimum absolute atomic E-state index is 0.00955.